The average Bonchev–Trinajstić information content (AvgIpc) is 2.17. The fraction of sp³-hybridized carbons (Fsp3) is 0.200. The van der Waals surface area contributed by atoms with Crippen molar-refractivity contribution in [2.75, 3.05) is 0 Å². The van der Waals surface area contributed by atoms with Crippen molar-refractivity contribution in [2.24, 2.45) is 0 Å². The maximum Gasteiger partial charge on any atom is 0.318 e. The molecule has 1 aromatic rings. The van der Waals surface area contributed by atoms with Crippen LogP contribution < -0.4 is 0 Å². The lowest BCUT2D eigenvalue weighted by Crippen LogP contribution is -2.33. The van der Waals surface area contributed by atoms with Gasteiger partial charge in [-0.2, -0.15) is 0 Å². The van der Waals surface area contributed by atoms with Gasteiger partial charge in [0.05, 0.1) is 0 Å². The van der Waals surface area contributed by atoms with Crippen LogP contribution in [0, 0.1) is 0 Å². The average molecular weight is 194 g/mol. The molecule has 0 bridgehead atoms. The highest BCUT2D eigenvalue weighted by Crippen LogP contribution is 2.21. The summed E-state index contributed by atoms with van der Waals surface area (Å²) in [6.45, 7) is 1.59. The molecular weight excluding hydrogens is 184 g/mol. The van der Waals surface area contributed by atoms with Crippen molar-refractivity contribution in [3.63, 3.8) is 0 Å². The second-order valence-corrected chi connectivity index (χ2v) is 3.23. The molecule has 1 aromatic carbocycles. The highest BCUT2D eigenvalue weighted by Gasteiger charge is 2.32. The Bertz CT molecular complexity index is 321. The molecular formula is C10H10O2S. The number of carboxylic acid groups (broad SMARTS) is 1. The number of thiocarbonyl (C=S) groups is 1. The third kappa shape index (κ3) is 1.75. The number of aliphatic carboxylic acids is 1. The molecule has 1 atom stereocenters. The zero-order chi connectivity index (χ0) is 9.90. The molecule has 1 N–H and O–H groups in total. The van der Waals surface area contributed by atoms with E-state index in [2.05, 4.69) is 0 Å². The Hall–Kier alpha value is -1.22. The number of hydrogen-bond acceptors (Lipinski definition) is 2. The summed E-state index contributed by atoms with van der Waals surface area (Å²) < 4.78 is 0. The normalized spacial score (nSPS) is 14.5. The number of benzene rings is 1. The number of rotatable bonds is 3. The third-order valence-electron chi connectivity index (χ3n) is 2.05. The first-order chi connectivity index (χ1) is 6.11. The quantitative estimate of drug-likeness (QED) is 0.748. The van der Waals surface area contributed by atoms with Crippen LogP contribution in [0.5, 0.6) is 0 Å². The van der Waals surface area contributed by atoms with Crippen molar-refractivity contribution < 1.29 is 9.90 Å². The summed E-state index contributed by atoms with van der Waals surface area (Å²) in [4.78, 5) is 11.0. The Balaban J connectivity index is 3.18. The summed E-state index contributed by atoms with van der Waals surface area (Å²) in [7, 11) is 0. The van der Waals surface area contributed by atoms with Crippen LogP contribution in [0.15, 0.2) is 30.3 Å². The molecule has 1 unspecified atom stereocenters. The lowest BCUT2D eigenvalue weighted by molar-refractivity contribution is -0.140. The van der Waals surface area contributed by atoms with Crippen LogP contribution in [-0.2, 0) is 10.2 Å². The Kier molecular flexibility index (Phi) is 2.78. The van der Waals surface area contributed by atoms with Gasteiger partial charge in [0.1, 0.15) is 5.41 Å². The van der Waals surface area contributed by atoms with E-state index in [9.17, 15) is 4.79 Å². The summed E-state index contributed by atoms with van der Waals surface area (Å²) in [5.41, 5.74) is -0.353. The van der Waals surface area contributed by atoms with E-state index >= 15 is 0 Å². The highest BCUT2D eigenvalue weighted by molar-refractivity contribution is 7.79. The molecule has 0 spiro atoms. The molecule has 0 aromatic heterocycles. The van der Waals surface area contributed by atoms with Crippen LogP contribution in [0.1, 0.15) is 12.5 Å². The minimum atomic E-state index is -1.06. The molecule has 13 heavy (non-hydrogen) atoms. The highest BCUT2D eigenvalue weighted by atomic mass is 32.1. The molecule has 0 fully saturated rings. The Morgan fingerprint density at radius 2 is 2.00 bits per heavy atom. The van der Waals surface area contributed by atoms with Gasteiger partial charge in [0.25, 0.3) is 0 Å². The molecule has 3 heteroatoms. The van der Waals surface area contributed by atoms with Gasteiger partial charge in [-0.25, -0.2) is 0 Å². The van der Waals surface area contributed by atoms with E-state index in [0.29, 0.717) is 5.56 Å². The summed E-state index contributed by atoms with van der Waals surface area (Å²) in [5.74, 6) is -0.922. The van der Waals surface area contributed by atoms with Crippen LogP contribution in [0.25, 0.3) is 0 Å². The third-order valence-corrected chi connectivity index (χ3v) is 2.52. The lowest BCUT2D eigenvalue weighted by Gasteiger charge is -2.19. The topological polar surface area (TPSA) is 37.3 Å². The lowest BCUT2D eigenvalue weighted by atomic mass is 9.85. The smallest absolute Gasteiger partial charge is 0.318 e. The van der Waals surface area contributed by atoms with Crippen LogP contribution in [0.4, 0.5) is 0 Å². The predicted molar refractivity (Wildman–Crippen MR) is 55.1 cm³/mol. The summed E-state index contributed by atoms with van der Waals surface area (Å²) in [5, 5.41) is 10.3. The minimum Gasteiger partial charge on any atom is -0.480 e. The Labute approximate surface area is 82.2 Å². The second-order valence-electron chi connectivity index (χ2n) is 2.99. The number of carboxylic acids is 1. The summed E-state index contributed by atoms with van der Waals surface area (Å²) >= 11 is 4.74. The minimum absolute atomic E-state index is 0.706. The molecule has 0 saturated heterocycles. The first kappa shape index (κ1) is 9.86. The number of carbonyl (C=O) groups is 1. The monoisotopic (exact) mass is 194 g/mol. The molecule has 0 aliphatic heterocycles. The standard InChI is InChI=1S/C10H10O2S/c1-10(7-13,9(11)12)8-5-3-2-4-6-8/h2-7H,1H3,(H,11,12). The molecule has 0 amide bonds. The zero-order valence-corrected chi connectivity index (χ0v) is 8.04. The van der Waals surface area contributed by atoms with Crippen LogP contribution >= 0.6 is 12.2 Å². The van der Waals surface area contributed by atoms with Crippen molar-refractivity contribution >= 4 is 23.6 Å². The van der Waals surface area contributed by atoms with Gasteiger partial charge < -0.3 is 5.11 Å². The van der Waals surface area contributed by atoms with Crippen molar-refractivity contribution in [3.8, 4) is 0 Å². The molecule has 0 aliphatic rings. The van der Waals surface area contributed by atoms with Crippen LogP contribution in [0.3, 0.4) is 0 Å². The Morgan fingerprint density at radius 3 is 2.38 bits per heavy atom. The summed E-state index contributed by atoms with van der Waals surface area (Å²) in [6, 6.07) is 8.97. The summed E-state index contributed by atoms with van der Waals surface area (Å²) in [6.07, 6.45) is 0. The molecule has 1 rings (SSSR count). The van der Waals surface area contributed by atoms with Gasteiger partial charge in [-0.3, -0.25) is 4.79 Å². The van der Waals surface area contributed by atoms with Gasteiger partial charge in [0.15, 0.2) is 0 Å². The van der Waals surface area contributed by atoms with E-state index in [-0.39, 0.29) is 0 Å². The maximum absolute atomic E-state index is 11.0. The molecule has 0 saturated carbocycles. The molecule has 0 heterocycles. The molecule has 2 nitrogen and oxygen atoms in total. The fourth-order valence-corrected chi connectivity index (χ4v) is 1.26. The van der Waals surface area contributed by atoms with Gasteiger partial charge in [-0.15, -0.1) is 0 Å². The predicted octanol–water partition coefficient (Wildman–Crippen LogP) is 2.03. The van der Waals surface area contributed by atoms with Gasteiger partial charge in [0, 0.05) is 5.37 Å². The van der Waals surface area contributed by atoms with Crippen molar-refractivity contribution in [1.82, 2.24) is 0 Å². The van der Waals surface area contributed by atoms with Gasteiger partial charge in [-0.1, -0.05) is 42.5 Å². The van der Waals surface area contributed by atoms with E-state index < -0.39 is 11.4 Å². The fourth-order valence-electron chi connectivity index (χ4n) is 1.03. The van der Waals surface area contributed by atoms with E-state index in [4.69, 9.17) is 17.3 Å². The van der Waals surface area contributed by atoms with Crippen molar-refractivity contribution in [1.29, 1.82) is 0 Å². The SMILES string of the molecule is CC(C=S)(C(=O)O)c1ccccc1. The largest absolute Gasteiger partial charge is 0.480 e. The van der Waals surface area contributed by atoms with Gasteiger partial charge in [0.2, 0.25) is 0 Å². The van der Waals surface area contributed by atoms with E-state index in [0.717, 1.165) is 0 Å². The second kappa shape index (κ2) is 3.66. The van der Waals surface area contributed by atoms with E-state index in [1.165, 1.54) is 5.37 Å². The van der Waals surface area contributed by atoms with Gasteiger partial charge >= 0.3 is 5.97 Å². The van der Waals surface area contributed by atoms with Crippen molar-refractivity contribution in [3.05, 3.63) is 35.9 Å². The van der Waals surface area contributed by atoms with Gasteiger partial charge in [-0.05, 0) is 12.5 Å². The molecule has 0 radical (unpaired) electrons. The van der Waals surface area contributed by atoms with Crippen molar-refractivity contribution in [2.45, 2.75) is 12.3 Å². The first-order valence-corrected chi connectivity index (χ1v) is 4.33. The molecule has 0 aliphatic carbocycles. The zero-order valence-electron chi connectivity index (χ0n) is 7.23. The molecule has 68 valence electrons. The van der Waals surface area contributed by atoms with E-state index in [1.807, 2.05) is 6.07 Å². The van der Waals surface area contributed by atoms with E-state index in [1.54, 1.807) is 31.2 Å². The number of hydrogen-bond donors (Lipinski definition) is 1. The van der Waals surface area contributed by atoms with Crippen LogP contribution in [-0.4, -0.2) is 16.4 Å². The van der Waals surface area contributed by atoms with Crippen LogP contribution in [0.2, 0.25) is 0 Å². The first-order valence-electron chi connectivity index (χ1n) is 3.86. The maximum atomic E-state index is 11.0. The Morgan fingerprint density at radius 1 is 1.46 bits per heavy atom.